The second-order valence-electron chi connectivity index (χ2n) is 19.0. The second-order valence-corrected chi connectivity index (χ2v) is 19.0. The first-order valence-electron chi connectivity index (χ1n) is 27.1. The molecular formula is C54H101NO15. The fourth-order valence-electron chi connectivity index (χ4n) is 7.65. The van der Waals surface area contributed by atoms with Crippen molar-refractivity contribution >= 4 is 29.2 Å². The Hall–Kier alpha value is -2.41. The van der Waals surface area contributed by atoms with E-state index in [1.165, 1.54) is 70.6 Å². The highest BCUT2D eigenvalue weighted by Crippen LogP contribution is 2.25. The maximum Gasteiger partial charge on any atom is 0.309 e. The highest BCUT2D eigenvalue weighted by molar-refractivity contribution is 6.03. The van der Waals surface area contributed by atoms with Crippen molar-refractivity contribution < 1.29 is 71.3 Å². The van der Waals surface area contributed by atoms with Gasteiger partial charge in [0.15, 0.2) is 18.4 Å². The monoisotopic (exact) mass is 1000 g/mol. The van der Waals surface area contributed by atoms with Crippen LogP contribution in [0.2, 0.25) is 0 Å². The third-order valence-electron chi connectivity index (χ3n) is 11.6. The lowest BCUT2D eigenvalue weighted by Crippen LogP contribution is -2.34. The molecule has 0 bridgehead atoms. The smallest absolute Gasteiger partial charge is 0.309 e. The van der Waals surface area contributed by atoms with Gasteiger partial charge < -0.3 is 52.7 Å². The molecule has 0 aromatic carbocycles. The predicted octanol–water partition coefficient (Wildman–Crippen LogP) is 9.48. The van der Waals surface area contributed by atoms with Gasteiger partial charge in [-0.1, -0.05) is 103 Å². The molecule has 0 aliphatic carbocycles. The molecule has 16 nitrogen and oxygen atoms in total. The Bertz CT molecular complexity index is 1270. The lowest BCUT2D eigenvalue weighted by Gasteiger charge is -2.25. The van der Waals surface area contributed by atoms with Crippen LogP contribution in [0.15, 0.2) is 0 Å². The van der Waals surface area contributed by atoms with Crippen LogP contribution >= 0.6 is 0 Å². The maximum atomic E-state index is 14.0. The zero-order valence-corrected chi connectivity index (χ0v) is 45.4. The molecule has 16 heteroatoms. The summed E-state index contributed by atoms with van der Waals surface area (Å²) >= 11 is 0. The lowest BCUT2D eigenvalue weighted by atomic mass is 9.84. The quantitative estimate of drug-likeness (QED) is 0.0262. The minimum Gasteiger partial charge on any atom is -0.460 e. The number of amides is 1. The molecule has 0 rings (SSSR count). The van der Waals surface area contributed by atoms with Crippen LogP contribution in [-0.4, -0.2) is 147 Å². The molecule has 0 fully saturated rings. The predicted molar refractivity (Wildman–Crippen MR) is 272 cm³/mol. The van der Waals surface area contributed by atoms with E-state index in [2.05, 4.69) is 12.2 Å². The Morgan fingerprint density at radius 3 is 1.57 bits per heavy atom. The van der Waals surface area contributed by atoms with Crippen molar-refractivity contribution in [1.82, 2.24) is 5.32 Å². The van der Waals surface area contributed by atoms with E-state index in [0.29, 0.717) is 71.9 Å². The second kappa shape index (κ2) is 47.6. The first-order chi connectivity index (χ1) is 33.8. The zero-order chi connectivity index (χ0) is 51.9. The SMILES string of the molecule is CCCCCCCCCCCCCCCCCC(C(=O)CCCOCC(OCC)OCC)C(=O)CC(CCC(=O)NCCOCCOCC(=O)CCCOCCOCC(OC)OC)C(=O)OC(C)(C)C. The topological polar surface area (TPSA) is 190 Å². The van der Waals surface area contributed by atoms with E-state index in [4.69, 9.17) is 47.4 Å². The Morgan fingerprint density at radius 2 is 1.00 bits per heavy atom. The van der Waals surface area contributed by atoms with Crippen molar-refractivity contribution in [3.05, 3.63) is 0 Å². The highest BCUT2D eigenvalue weighted by Gasteiger charge is 2.33. The Labute approximate surface area is 424 Å². The van der Waals surface area contributed by atoms with E-state index in [1.807, 2.05) is 13.8 Å². The minimum atomic E-state index is -0.884. The molecule has 0 spiro atoms. The van der Waals surface area contributed by atoms with Crippen LogP contribution in [0.3, 0.4) is 0 Å². The van der Waals surface area contributed by atoms with Gasteiger partial charge in [0.05, 0.1) is 58.1 Å². The van der Waals surface area contributed by atoms with Gasteiger partial charge in [-0.2, -0.15) is 0 Å². The number of ketones is 3. The molecule has 2 unspecified atom stereocenters. The summed E-state index contributed by atoms with van der Waals surface area (Å²) in [7, 11) is 3.09. The van der Waals surface area contributed by atoms with E-state index in [1.54, 1.807) is 35.0 Å². The van der Waals surface area contributed by atoms with Crippen LogP contribution < -0.4 is 5.32 Å². The minimum absolute atomic E-state index is 0.0100. The van der Waals surface area contributed by atoms with Gasteiger partial charge in [0, 0.05) is 72.9 Å². The number of unbranched alkanes of at least 4 members (excludes halogenated alkanes) is 14. The van der Waals surface area contributed by atoms with Gasteiger partial charge in [-0.05, 0) is 60.3 Å². The molecule has 0 heterocycles. The molecule has 1 N–H and O–H groups in total. The lowest BCUT2D eigenvalue weighted by molar-refractivity contribution is -0.167. The highest BCUT2D eigenvalue weighted by atomic mass is 16.7. The summed E-state index contributed by atoms with van der Waals surface area (Å²) in [6.07, 6.45) is 19.3. The van der Waals surface area contributed by atoms with Gasteiger partial charge in [-0.3, -0.25) is 24.0 Å². The number of nitrogens with one attached hydrogen (secondary N) is 1. The van der Waals surface area contributed by atoms with Gasteiger partial charge in [-0.15, -0.1) is 0 Å². The fourth-order valence-corrected chi connectivity index (χ4v) is 7.65. The van der Waals surface area contributed by atoms with E-state index in [-0.39, 0.29) is 88.5 Å². The average molecular weight is 1000 g/mol. The molecule has 0 radical (unpaired) electrons. The zero-order valence-electron chi connectivity index (χ0n) is 45.4. The standard InChI is InChI=1S/C54H101NO15/c1-9-12-13-14-15-16-17-18-19-20-21-22-23-24-25-29-47(48(57)30-27-35-65-44-52(68-10-2)69-11-3)49(58)41-45(53(60)70-54(4,5)6)31-32-50(59)55-33-36-64-38-39-66-42-46(56)28-26-34-63-37-40-67-43-51(61-7)62-8/h45,47,51-52H,9-44H2,1-8H3,(H,55,59). The van der Waals surface area contributed by atoms with Crippen molar-refractivity contribution in [2.24, 2.45) is 11.8 Å². The molecule has 1 amide bonds. The first-order valence-corrected chi connectivity index (χ1v) is 27.1. The van der Waals surface area contributed by atoms with Gasteiger partial charge in [0.2, 0.25) is 5.91 Å². The molecule has 412 valence electrons. The summed E-state index contributed by atoms with van der Waals surface area (Å²) in [6.45, 7) is 15.3. The van der Waals surface area contributed by atoms with Crippen molar-refractivity contribution in [2.45, 2.75) is 207 Å². The van der Waals surface area contributed by atoms with E-state index >= 15 is 0 Å². The summed E-state index contributed by atoms with van der Waals surface area (Å²) in [5.41, 5.74) is -0.799. The van der Waals surface area contributed by atoms with Crippen molar-refractivity contribution in [1.29, 1.82) is 0 Å². The van der Waals surface area contributed by atoms with Crippen molar-refractivity contribution in [2.75, 3.05) is 100 Å². The summed E-state index contributed by atoms with van der Waals surface area (Å²) in [6, 6.07) is 0. The van der Waals surface area contributed by atoms with Gasteiger partial charge >= 0.3 is 5.97 Å². The molecule has 0 saturated carbocycles. The number of methoxy groups -OCH3 is 2. The Kier molecular flexibility index (Phi) is 45.9. The Balaban J connectivity index is 4.96. The molecule has 0 aliphatic rings. The maximum absolute atomic E-state index is 14.0. The van der Waals surface area contributed by atoms with Gasteiger partial charge in [0.25, 0.3) is 0 Å². The molecule has 0 saturated heterocycles. The molecular weight excluding hydrogens is 903 g/mol. The number of Topliss-reactive ketones (excluding diaryl/α,β-unsaturated/α-hetero) is 3. The van der Waals surface area contributed by atoms with Crippen molar-refractivity contribution in [3.8, 4) is 0 Å². The number of hydrogen-bond acceptors (Lipinski definition) is 15. The van der Waals surface area contributed by atoms with Crippen LogP contribution in [0.25, 0.3) is 0 Å². The average Bonchev–Trinajstić information content (AvgIpc) is 3.32. The fraction of sp³-hybridized carbons (Fsp3) is 0.907. The van der Waals surface area contributed by atoms with Crippen LogP contribution in [-0.2, 0) is 71.3 Å². The number of ether oxygens (including phenoxy) is 10. The van der Waals surface area contributed by atoms with Crippen molar-refractivity contribution in [3.63, 3.8) is 0 Å². The summed E-state index contributed by atoms with van der Waals surface area (Å²) in [5, 5.41) is 2.80. The number of carbonyl (C=O) groups excluding carboxylic acids is 5. The largest absolute Gasteiger partial charge is 0.460 e. The van der Waals surface area contributed by atoms with Crippen LogP contribution in [0.5, 0.6) is 0 Å². The first kappa shape index (κ1) is 67.6. The summed E-state index contributed by atoms with van der Waals surface area (Å²) in [5.74, 6) is -3.05. The van der Waals surface area contributed by atoms with Gasteiger partial charge in [0.1, 0.15) is 23.8 Å². The molecule has 0 aromatic rings. The third-order valence-corrected chi connectivity index (χ3v) is 11.6. The van der Waals surface area contributed by atoms with Crippen LogP contribution in [0.4, 0.5) is 0 Å². The normalized spacial score (nSPS) is 12.7. The number of hydrogen-bond donors (Lipinski definition) is 1. The molecule has 70 heavy (non-hydrogen) atoms. The third kappa shape index (κ3) is 42.1. The van der Waals surface area contributed by atoms with Gasteiger partial charge in [-0.25, -0.2) is 0 Å². The van der Waals surface area contributed by atoms with Crippen LogP contribution in [0, 0.1) is 11.8 Å². The molecule has 0 aliphatic heterocycles. The Morgan fingerprint density at radius 1 is 0.500 bits per heavy atom. The molecule has 2 atom stereocenters. The van der Waals surface area contributed by atoms with Crippen LogP contribution in [0.1, 0.15) is 189 Å². The van der Waals surface area contributed by atoms with E-state index < -0.39 is 36.0 Å². The number of rotatable bonds is 53. The molecule has 0 aromatic heterocycles. The van der Waals surface area contributed by atoms with E-state index in [0.717, 1.165) is 25.7 Å². The van der Waals surface area contributed by atoms with E-state index in [9.17, 15) is 24.0 Å². The number of esters is 1. The summed E-state index contributed by atoms with van der Waals surface area (Å²) < 4.78 is 54.5. The number of carbonyl (C=O) groups is 5. The summed E-state index contributed by atoms with van der Waals surface area (Å²) in [4.78, 5) is 66.3.